The van der Waals surface area contributed by atoms with Crippen LogP contribution in [0.15, 0.2) is 30.3 Å². The van der Waals surface area contributed by atoms with E-state index >= 15 is 0 Å². The van der Waals surface area contributed by atoms with E-state index in [0.29, 0.717) is 11.3 Å². The van der Waals surface area contributed by atoms with Crippen molar-refractivity contribution in [3.8, 4) is 0 Å². The van der Waals surface area contributed by atoms with Gasteiger partial charge in [0.25, 0.3) is 0 Å². The van der Waals surface area contributed by atoms with Crippen molar-refractivity contribution >= 4 is 17.7 Å². The molecule has 0 radical (unpaired) electrons. The fraction of sp³-hybridized carbons (Fsp3) is 0.250. The van der Waals surface area contributed by atoms with E-state index in [-0.39, 0.29) is 0 Å². The molecule has 0 saturated carbocycles. The van der Waals surface area contributed by atoms with Gasteiger partial charge in [-0.1, -0.05) is 12.1 Å². The first kappa shape index (κ1) is 14.1. The molecule has 1 aromatic rings. The number of benzene rings is 1. The molecule has 0 spiro atoms. The van der Waals surface area contributed by atoms with Gasteiger partial charge in [0, 0.05) is 18.8 Å². The van der Waals surface area contributed by atoms with Gasteiger partial charge in [0.15, 0.2) is 0 Å². The molecule has 0 aromatic heterocycles. The monoisotopic (exact) mass is 259 g/mol. The molecule has 0 heterocycles. The zero-order valence-electron chi connectivity index (χ0n) is 9.61. The minimum Gasteiger partial charge on any atom is -0.478 e. The number of carboxylic acids is 1. The van der Waals surface area contributed by atoms with Crippen LogP contribution in [0.25, 0.3) is 6.08 Å². The minimum atomic E-state index is -4.25. The van der Waals surface area contributed by atoms with Gasteiger partial charge in [-0.25, -0.2) is 4.79 Å². The Labute approximate surface area is 102 Å². The summed E-state index contributed by atoms with van der Waals surface area (Å²) in [4.78, 5) is 11.4. The zero-order valence-corrected chi connectivity index (χ0v) is 9.61. The van der Waals surface area contributed by atoms with Crippen LogP contribution in [0.5, 0.6) is 0 Å². The highest BCUT2D eigenvalue weighted by Crippen LogP contribution is 2.21. The average molecular weight is 259 g/mol. The molecule has 0 unspecified atom stereocenters. The van der Waals surface area contributed by atoms with Gasteiger partial charge in [-0.2, -0.15) is 13.2 Å². The normalized spacial score (nSPS) is 11.8. The SMILES string of the molecule is CN(CC(F)(F)F)c1ccc(/C=C/C(=O)O)cc1. The molecule has 0 fully saturated rings. The summed E-state index contributed by atoms with van der Waals surface area (Å²) in [6, 6.07) is 6.13. The molecular formula is C12H12F3NO2. The topological polar surface area (TPSA) is 40.5 Å². The first-order valence-electron chi connectivity index (χ1n) is 5.07. The summed E-state index contributed by atoms with van der Waals surface area (Å²) in [6.07, 6.45) is -1.92. The number of nitrogens with zero attached hydrogens (tertiary/aromatic N) is 1. The van der Waals surface area contributed by atoms with E-state index in [0.717, 1.165) is 11.0 Å². The summed E-state index contributed by atoms with van der Waals surface area (Å²) >= 11 is 0. The van der Waals surface area contributed by atoms with Gasteiger partial charge in [0.05, 0.1) is 0 Å². The van der Waals surface area contributed by atoms with Crippen molar-refractivity contribution < 1.29 is 23.1 Å². The van der Waals surface area contributed by atoms with Crippen molar-refractivity contribution in [2.75, 3.05) is 18.5 Å². The van der Waals surface area contributed by atoms with Crippen molar-refractivity contribution in [1.29, 1.82) is 0 Å². The van der Waals surface area contributed by atoms with Crippen LogP contribution in [0.1, 0.15) is 5.56 Å². The van der Waals surface area contributed by atoms with Crippen LogP contribution in [0.2, 0.25) is 0 Å². The van der Waals surface area contributed by atoms with Gasteiger partial charge < -0.3 is 10.0 Å². The van der Waals surface area contributed by atoms with Crippen molar-refractivity contribution in [3.05, 3.63) is 35.9 Å². The van der Waals surface area contributed by atoms with Crippen LogP contribution in [-0.4, -0.2) is 30.8 Å². The quantitative estimate of drug-likeness (QED) is 0.845. The van der Waals surface area contributed by atoms with Crippen molar-refractivity contribution in [1.82, 2.24) is 0 Å². The summed E-state index contributed by atoms with van der Waals surface area (Å²) in [5, 5.41) is 8.43. The summed E-state index contributed by atoms with van der Waals surface area (Å²) in [5.41, 5.74) is 1.03. The highest BCUT2D eigenvalue weighted by Gasteiger charge is 2.29. The van der Waals surface area contributed by atoms with Crippen LogP contribution in [0.3, 0.4) is 0 Å². The molecule has 0 aliphatic rings. The molecule has 1 aromatic carbocycles. The number of anilines is 1. The van der Waals surface area contributed by atoms with E-state index in [1.165, 1.54) is 25.3 Å². The summed E-state index contributed by atoms with van der Waals surface area (Å²) in [6.45, 7) is -1.03. The molecule has 0 aliphatic heterocycles. The van der Waals surface area contributed by atoms with Gasteiger partial charge in [-0.15, -0.1) is 0 Å². The van der Waals surface area contributed by atoms with E-state index in [1.54, 1.807) is 12.1 Å². The second-order valence-electron chi connectivity index (χ2n) is 3.73. The third kappa shape index (κ3) is 4.90. The first-order chi connectivity index (χ1) is 8.28. The predicted octanol–water partition coefficient (Wildman–Crippen LogP) is 2.78. The molecule has 18 heavy (non-hydrogen) atoms. The Bertz CT molecular complexity index is 438. The summed E-state index contributed by atoms with van der Waals surface area (Å²) in [7, 11) is 1.34. The van der Waals surface area contributed by atoms with Crippen LogP contribution < -0.4 is 4.90 Å². The lowest BCUT2D eigenvalue weighted by Gasteiger charge is -2.20. The number of aliphatic carboxylic acids is 1. The molecule has 0 saturated heterocycles. The lowest BCUT2D eigenvalue weighted by atomic mass is 10.2. The maximum absolute atomic E-state index is 12.2. The molecule has 1 rings (SSSR count). The van der Waals surface area contributed by atoms with Crippen LogP contribution in [0, 0.1) is 0 Å². The standard InChI is InChI=1S/C12H12F3NO2/c1-16(8-12(13,14)15)10-5-2-9(3-6-10)4-7-11(17)18/h2-7H,8H2,1H3,(H,17,18)/b7-4+. The van der Waals surface area contributed by atoms with Crippen molar-refractivity contribution in [3.63, 3.8) is 0 Å². The summed E-state index contributed by atoms with van der Waals surface area (Å²) < 4.78 is 36.5. The zero-order chi connectivity index (χ0) is 13.8. The summed E-state index contributed by atoms with van der Waals surface area (Å²) in [5.74, 6) is -1.08. The van der Waals surface area contributed by atoms with Gasteiger partial charge in [-0.3, -0.25) is 0 Å². The molecular weight excluding hydrogens is 247 g/mol. The molecule has 1 N–H and O–H groups in total. The minimum absolute atomic E-state index is 0.416. The Morgan fingerprint density at radius 3 is 2.33 bits per heavy atom. The maximum atomic E-state index is 12.2. The van der Waals surface area contributed by atoms with Gasteiger partial charge in [-0.05, 0) is 23.8 Å². The second-order valence-corrected chi connectivity index (χ2v) is 3.73. The Morgan fingerprint density at radius 2 is 1.89 bits per heavy atom. The largest absolute Gasteiger partial charge is 0.478 e. The number of carboxylic acid groups (broad SMARTS) is 1. The number of rotatable bonds is 4. The lowest BCUT2D eigenvalue weighted by Crippen LogP contribution is -2.30. The molecule has 0 aliphatic carbocycles. The second kappa shape index (κ2) is 5.57. The van der Waals surface area contributed by atoms with E-state index in [1.807, 2.05) is 0 Å². The average Bonchev–Trinajstić information content (AvgIpc) is 2.24. The number of alkyl halides is 3. The molecule has 0 atom stereocenters. The number of carbonyl (C=O) groups is 1. The Morgan fingerprint density at radius 1 is 1.33 bits per heavy atom. The highest BCUT2D eigenvalue weighted by molar-refractivity contribution is 5.85. The van der Waals surface area contributed by atoms with Gasteiger partial charge >= 0.3 is 12.1 Å². The Balaban J connectivity index is 2.73. The number of halogens is 3. The third-order valence-corrected chi connectivity index (χ3v) is 2.17. The molecule has 6 heteroatoms. The van der Waals surface area contributed by atoms with E-state index in [9.17, 15) is 18.0 Å². The van der Waals surface area contributed by atoms with Crippen molar-refractivity contribution in [2.24, 2.45) is 0 Å². The van der Waals surface area contributed by atoms with Crippen molar-refractivity contribution in [2.45, 2.75) is 6.18 Å². The number of hydrogen-bond donors (Lipinski definition) is 1. The highest BCUT2D eigenvalue weighted by atomic mass is 19.4. The van der Waals surface area contributed by atoms with E-state index in [2.05, 4.69) is 0 Å². The van der Waals surface area contributed by atoms with Crippen LogP contribution in [0.4, 0.5) is 18.9 Å². The van der Waals surface area contributed by atoms with Gasteiger partial charge in [0.1, 0.15) is 6.54 Å². The smallest absolute Gasteiger partial charge is 0.405 e. The molecule has 0 amide bonds. The Hall–Kier alpha value is -1.98. The van der Waals surface area contributed by atoms with Gasteiger partial charge in [0.2, 0.25) is 0 Å². The molecule has 3 nitrogen and oxygen atoms in total. The molecule has 98 valence electrons. The van der Waals surface area contributed by atoms with Crippen LogP contribution >= 0.6 is 0 Å². The first-order valence-corrected chi connectivity index (χ1v) is 5.07. The maximum Gasteiger partial charge on any atom is 0.405 e. The molecule has 0 bridgehead atoms. The van der Waals surface area contributed by atoms with E-state index in [4.69, 9.17) is 5.11 Å². The van der Waals surface area contributed by atoms with E-state index < -0.39 is 18.7 Å². The number of hydrogen-bond acceptors (Lipinski definition) is 2. The van der Waals surface area contributed by atoms with Crippen LogP contribution in [-0.2, 0) is 4.79 Å². The Kier molecular flexibility index (Phi) is 4.36. The fourth-order valence-electron chi connectivity index (χ4n) is 1.37. The third-order valence-electron chi connectivity index (χ3n) is 2.17. The predicted molar refractivity (Wildman–Crippen MR) is 62.4 cm³/mol. The lowest BCUT2D eigenvalue weighted by molar-refractivity contribution is -0.131. The fourth-order valence-corrected chi connectivity index (χ4v) is 1.37.